The minimum absolute atomic E-state index is 0.212. The maximum Gasteiger partial charge on any atom is 0.211 e. The van der Waals surface area contributed by atoms with Gasteiger partial charge in [-0.3, -0.25) is 0 Å². The highest BCUT2D eigenvalue weighted by atomic mass is 32.2. The number of hydrogen-bond donors (Lipinski definition) is 2. The summed E-state index contributed by atoms with van der Waals surface area (Å²) in [7, 11) is -1.24. The molecule has 1 rings (SSSR count). The van der Waals surface area contributed by atoms with Gasteiger partial charge in [-0.15, -0.1) is 0 Å². The van der Waals surface area contributed by atoms with Crippen molar-refractivity contribution >= 4 is 10.0 Å². The van der Waals surface area contributed by atoms with Gasteiger partial charge in [-0.1, -0.05) is 30.3 Å². The monoisotopic (exact) mass is 270 g/mol. The lowest BCUT2D eigenvalue weighted by molar-refractivity contribution is 0.576. The molecule has 0 fully saturated rings. The summed E-state index contributed by atoms with van der Waals surface area (Å²) in [4.78, 5) is 0. The zero-order valence-electron chi connectivity index (χ0n) is 10.9. The third-order valence-corrected chi connectivity index (χ3v) is 4.14. The minimum atomic E-state index is -3.11. The highest BCUT2D eigenvalue weighted by Gasteiger charge is 2.08. The SMILES string of the molecule is CNCCCCS(=O)(=O)NCCc1ccccc1. The molecule has 1 aromatic carbocycles. The fourth-order valence-corrected chi connectivity index (χ4v) is 2.80. The van der Waals surface area contributed by atoms with Crippen molar-refractivity contribution in [3.63, 3.8) is 0 Å². The van der Waals surface area contributed by atoms with Crippen molar-refractivity contribution in [3.8, 4) is 0 Å². The molecule has 5 heteroatoms. The average molecular weight is 270 g/mol. The molecule has 0 bridgehead atoms. The molecular formula is C13H22N2O2S. The van der Waals surface area contributed by atoms with Crippen LogP contribution < -0.4 is 10.0 Å². The number of sulfonamides is 1. The molecule has 2 N–H and O–H groups in total. The maximum absolute atomic E-state index is 11.7. The van der Waals surface area contributed by atoms with Gasteiger partial charge in [0.25, 0.3) is 0 Å². The van der Waals surface area contributed by atoms with E-state index in [2.05, 4.69) is 10.0 Å². The molecule has 0 saturated heterocycles. The summed E-state index contributed by atoms with van der Waals surface area (Å²) in [5.74, 6) is 0.212. The molecule has 4 nitrogen and oxygen atoms in total. The van der Waals surface area contributed by atoms with Crippen LogP contribution in [0.4, 0.5) is 0 Å². The zero-order valence-corrected chi connectivity index (χ0v) is 11.7. The van der Waals surface area contributed by atoms with E-state index in [1.54, 1.807) is 0 Å². The van der Waals surface area contributed by atoms with Crippen molar-refractivity contribution in [2.45, 2.75) is 19.3 Å². The highest BCUT2D eigenvalue weighted by molar-refractivity contribution is 7.89. The Balaban J connectivity index is 2.21. The van der Waals surface area contributed by atoms with Crippen molar-refractivity contribution < 1.29 is 8.42 Å². The standard InChI is InChI=1S/C13H22N2O2S/c1-14-10-5-6-12-18(16,17)15-11-9-13-7-3-2-4-8-13/h2-4,7-8,14-15H,5-6,9-12H2,1H3. The van der Waals surface area contributed by atoms with E-state index in [4.69, 9.17) is 0 Å². The lowest BCUT2D eigenvalue weighted by atomic mass is 10.2. The molecule has 102 valence electrons. The first-order valence-corrected chi connectivity index (χ1v) is 7.95. The summed E-state index contributed by atoms with van der Waals surface area (Å²) in [5, 5.41) is 3.00. The van der Waals surface area contributed by atoms with Gasteiger partial charge in [0, 0.05) is 6.54 Å². The van der Waals surface area contributed by atoms with Crippen LogP contribution in [0, 0.1) is 0 Å². The third kappa shape index (κ3) is 6.74. The van der Waals surface area contributed by atoms with E-state index >= 15 is 0 Å². The van der Waals surface area contributed by atoms with Crippen molar-refractivity contribution in [1.29, 1.82) is 0 Å². The van der Waals surface area contributed by atoms with E-state index in [1.807, 2.05) is 37.4 Å². The average Bonchev–Trinajstić information content (AvgIpc) is 2.36. The van der Waals surface area contributed by atoms with Gasteiger partial charge in [0.05, 0.1) is 5.75 Å². The summed E-state index contributed by atoms with van der Waals surface area (Å²) < 4.78 is 25.9. The van der Waals surface area contributed by atoms with Crippen LogP contribution in [-0.2, 0) is 16.4 Å². The van der Waals surface area contributed by atoms with Crippen LogP contribution in [0.25, 0.3) is 0 Å². The Morgan fingerprint density at radius 1 is 1.06 bits per heavy atom. The van der Waals surface area contributed by atoms with E-state index in [-0.39, 0.29) is 5.75 Å². The molecule has 0 spiro atoms. The second-order valence-electron chi connectivity index (χ2n) is 4.26. The summed E-state index contributed by atoms with van der Waals surface area (Å²) in [5.41, 5.74) is 1.15. The van der Waals surface area contributed by atoms with Gasteiger partial charge in [0.15, 0.2) is 0 Å². The van der Waals surface area contributed by atoms with Gasteiger partial charge in [0.1, 0.15) is 0 Å². The Bertz CT molecular complexity index is 418. The molecule has 0 radical (unpaired) electrons. The fraction of sp³-hybridized carbons (Fsp3) is 0.538. The molecule has 0 atom stereocenters. The third-order valence-electron chi connectivity index (χ3n) is 2.67. The molecule has 0 aliphatic carbocycles. The number of benzene rings is 1. The fourth-order valence-electron chi connectivity index (χ4n) is 1.66. The Hall–Kier alpha value is -0.910. The molecule has 0 aromatic heterocycles. The molecule has 18 heavy (non-hydrogen) atoms. The van der Waals surface area contributed by atoms with E-state index in [9.17, 15) is 8.42 Å². The normalized spacial score (nSPS) is 11.6. The molecule has 0 aliphatic rings. The number of rotatable bonds is 9. The quantitative estimate of drug-likeness (QED) is 0.662. The zero-order chi connectivity index (χ0) is 13.3. The maximum atomic E-state index is 11.7. The van der Waals surface area contributed by atoms with Crippen molar-refractivity contribution in [2.75, 3.05) is 25.9 Å². The van der Waals surface area contributed by atoms with Gasteiger partial charge < -0.3 is 5.32 Å². The minimum Gasteiger partial charge on any atom is -0.320 e. The van der Waals surface area contributed by atoms with Crippen LogP contribution in [-0.4, -0.2) is 34.3 Å². The summed E-state index contributed by atoms with van der Waals surface area (Å²) in [6.07, 6.45) is 2.31. The Kier molecular flexibility index (Phi) is 6.93. The molecule has 0 heterocycles. The predicted molar refractivity (Wildman–Crippen MR) is 75.1 cm³/mol. The molecule has 0 saturated carbocycles. The molecule has 0 amide bonds. The number of nitrogens with one attached hydrogen (secondary N) is 2. The molecule has 0 aliphatic heterocycles. The van der Waals surface area contributed by atoms with E-state index < -0.39 is 10.0 Å². The topological polar surface area (TPSA) is 58.2 Å². The Morgan fingerprint density at radius 3 is 2.44 bits per heavy atom. The smallest absolute Gasteiger partial charge is 0.211 e. The van der Waals surface area contributed by atoms with Crippen LogP contribution in [0.1, 0.15) is 18.4 Å². The van der Waals surface area contributed by atoms with Gasteiger partial charge in [0.2, 0.25) is 10.0 Å². The van der Waals surface area contributed by atoms with Crippen LogP contribution in [0.3, 0.4) is 0 Å². The van der Waals surface area contributed by atoms with E-state index in [0.29, 0.717) is 13.0 Å². The van der Waals surface area contributed by atoms with Gasteiger partial charge in [-0.05, 0) is 38.4 Å². The molecule has 0 unspecified atom stereocenters. The lowest BCUT2D eigenvalue weighted by Gasteiger charge is -2.06. The highest BCUT2D eigenvalue weighted by Crippen LogP contribution is 1.99. The summed E-state index contributed by atoms with van der Waals surface area (Å²) in [6, 6.07) is 9.88. The second kappa shape index (κ2) is 8.24. The van der Waals surface area contributed by atoms with Crippen molar-refractivity contribution in [1.82, 2.24) is 10.0 Å². The van der Waals surface area contributed by atoms with Gasteiger partial charge in [-0.25, -0.2) is 13.1 Å². The molecular weight excluding hydrogens is 248 g/mol. The van der Waals surface area contributed by atoms with Gasteiger partial charge in [-0.2, -0.15) is 0 Å². The first-order chi connectivity index (χ1) is 8.64. The van der Waals surface area contributed by atoms with Crippen LogP contribution >= 0.6 is 0 Å². The first kappa shape index (κ1) is 15.1. The second-order valence-corrected chi connectivity index (χ2v) is 6.19. The number of hydrogen-bond acceptors (Lipinski definition) is 3. The van der Waals surface area contributed by atoms with Crippen molar-refractivity contribution in [2.24, 2.45) is 0 Å². The summed E-state index contributed by atoms with van der Waals surface area (Å²) >= 11 is 0. The lowest BCUT2D eigenvalue weighted by Crippen LogP contribution is -2.28. The van der Waals surface area contributed by atoms with Gasteiger partial charge >= 0.3 is 0 Å². The van der Waals surface area contributed by atoms with E-state index in [1.165, 1.54) is 0 Å². The largest absolute Gasteiger partial charge is 0.320 e. The first-order valence-electron chi connectivity index (χ1n) is 6.30. The van der Waals surface area contributed by atoms with Crippen molar-refractivity contribution in [3.05, 3.63) is 35.9 Å². The van der Waals surface area contributed by atoms with E-state index in [0.717, 1.165) is 24.9 Å². The van der Waals surface area contributed by atoms with Crippen LogP contribution in [0.2, 0.25) is 0 Å². The summed E-state index contributed by atoms with van der Waals surface area (Å²) in [6.45, 7) is 1.33. The Labute approximate surface area is 110 Å². The predicted octanol–water partition coefficient (Wildman–Crippen LogP) is 1.15. The Morgan fingerprint density at radius 2 is 1.78 bits per heavy atom. The van der Waals surface area contributed by atoms with Crippen LogP contribution in [0.5, 0.6) is 0 Å². The number of unbranched alkanes of at least 4 members (excludes halogenated alkanes) is 1. The van der Waals surface area contributed by atoms with Crippen LogP contribution in [0.15, 0.2) is 30.3 Å². The molecule has 1 aromatic rings.